The van der Waals surface area contributed by atoms with Gasteiger partial charge in [0.2, 0.25) is 0 Å². The van der Waals surface area contributed by atoms with Gasteiger partial charge in [0.25, 0.3) is 5.56 Å². The number of carbonyl (C=O) groups excluding carboxylic acids is 1. The first-order chi connectivity index (χ1) is 9.51. The van der Waals surface area contributed by atoms with Gasteiger partial charge < -0.3 is 9.30 Å². The van der Waals surface area contributed by atoms with E-state index < -0.39 is 23.2 Å². The highest BCUT2D eigenvalue weighted by Gasteiger charge is 2.15. The van der Waals surface area contributed by atoms with Crippen molar-refractivity contribution in [2.24, 2.45) is 0 Å². The monoisotopic (exact) mass is 279 g/mol. The Morgan fingerprint density at radius 1 is 1.20 bits per heavy atom. The maximum Gasteiger partial charge on any atom is 0.343 e. The molecular weight excluding hydrogens is 268 g/mol. The summed E-state index contributed by atoms with van der Waals surface area (Å²) in [4.78, 5) is 23.4. The van der Waals surface area contributed by atoms with Crippen molar-refractivity contribution in [2.75, 3.05) is 7.11 Å². The predicted molar refractivity (Wildman–Crippen MR) is 67.5 cm³/mol. The lowest BCUT2D eigenvalue weighted by Gasteiger charge is -2.08. The zero-order valence-corrected chi connectivity index (χ0v) is 10.6. The van der Waals surface area contributed by atoms with Crippen LogP contribution in [-0.4, -0.2) is 17.6 Å². The van der Waals surface area contributed by atoms with Crippen LogP contribution in [0.2, 0.25) is 0 Å². The lowest BCUT2D eigenvalue weighted by molar-refractivity contribution is 0.0597. The molecular formula is C14H11F2NO3. The number of benzene rings is 1. The summed E-state index contributed by atoms with van der Waals surface area (Å²) in [5.41, 5.74) is -0.438. The molecule has 1 aromatic carbocycles. The Morgan fingerprint density at radius 2 is 1.85 bits per heavy atom. The smallest absolute Gasteiger partial charge is 0.343 e. The number of methoxy groups -OCH3 is 1. The van der Waals surface area contributed by atoms with Crippen molar-refractivity contribution < 1.29 is 18.3 Å². The second-order valence-electron chi connectivity index (χ2n) is 4.12. The van der Waals surface area contributed by atoms with Gasteiger partial charge in [-0.1, -0.05) is 12.1 Å². The number of hydrogen-bond acceptors (Lipinski definition) is 3. The minimum Gasteiger partial charge on any atom is -0.465 e. The molecule has 0 N–H and O–H groups in total. The highest BCUT2D eigenvalue weighted by molar-refractivity contribution is 5.88. The van der Waals surface area contributed by atoms with Gasteiger partial charge in [0, 0.05) is 6.20 Å². The van der Waals surface area contributed by atoms with E-state index in [4.69, 9.17) is 0 Å². The van der Waals surface area contributed by atoms with Crippen molar-refractivity contribution in [1.82, 2.24) is 4.57 Å². The Morgan fingerprint density at radius 3 is 2.45 bits per heavy atom. The quantitative estimate of drug-likeness (QED) is 0.807. The van der Waals surface area contributed by atoms with Crippen molar-refractivity contribution in [3.8, 4) is 0 Å². The van der Waals surface area contributed by atoms with Gasteiger partial charge in [-0.25, -0.2) is 13.6 Å². The average Bonchev–Trinajstić information content (AvgIpc) is 2.44. The lowest BCUT2D eigenvalue weighted by atomic mass is 10.2. The van der Waals surface area contributed by atoms with E-state index in [-0.39, 0.29) is 12.1 Å². The topological polar surface area (TPSA) is 48.3 Å². The molecule has 0 aliphatic rings. The molecule has 0 saturated heterocycles. The number of nitrogens with zero attached hydrogens (tertiary/aromatic N) is 1. The maximum absolute atomic E-state index is 13.4. The molecule has 0 fully saturated rings. The van der Waals surface area contributed by atoms with E-state index in [1.807, 2.05) is 0 Å². The van der Waals surface area contributed by atoms with Gasteiger partial charge in [-0.3, -0.25) is 4.79 Å². The molecule has 2 rings (SSSR count). The van der Waals surface area contributed by atoms with E-state index in [1.165, 1.54) is 24.3 Å². The van der Waals surface area contributed by atoms with Crippen LogP contribution < -0.4 is 5.56 Å². The van der Waals surface area contributed by atoms with E-state index in [9.17, 15) is 18.4 Å². The molecule has 1 heterocycles. The standard InChI is InChI=1S/C14H11F2NO3/c1-20-14(19)12-6-11(16)8-17(13(12)18)7-9-2-4-10(15)5-3-9/h2-6,8H,7H2,1H3. The van der Waals surface area contributed by atoms with E-state index in [0.29, 0.717) is 5.56 Å². The van der Waals surface area contributed by atoms with Gasteiger partial charge in [-0.05, 0) is 23.8 Å². The molecule has 0 unspecified atom stereocenters. The van der Waals surface area contributed by atoms with Crippen LogP contribution in [0.15, 0.2) is 41.3 Å². The zero-order chi connectivity index (χ0) is 14.7. The molecule has 1 aromatic heterocycles. The summed E-state index contributed by atoms with van der Waals surface area (Å²) in [5, 5.41) is 0. The summed E-state index contributed by atoms with van der Waals surface area (Å²) in [6, 6.07) is 6.26. The summed E-state index contributed by atoms with van der Waals surface area (Å²) in [5.74, 6) is -2.04. The van der Waals surface area contributed by atoms with Crippen LogP contribution in [0.5, 0.6) is 0 Å². The van der Waals surface area contributed by atoms with Gasteiger partial charge in [0.05, 0.1) is 13.7 Å². The molecule has 6 heteroatoms. The maximum atomic E-state index is 13.4. The Labute approximate surface area is 113 Å². The third-order valence-electron chi connectivity index (χ3n) is 2.72. The minimum atomic E-state index is -0.901. The molecule has 0 amide bonds. The largest absolute Gasteiger partial charge is 0.465 e. The van der Waals surface area contributed by atoms with E-state index in [0.717, 1.165) is 23.9 Å². The van der Waals surface area contributed by atoms with Crippen LogP contribution in [0.1, 0.15) is 15.9 Å². The molecule has 0 atom stereocenters. The molecule has 104 valence electrons. The molecule has 0 radical (unpaired) electrons. The molecule has 20 heavy (non-hydrogen) atoms. The molecule has 4 nitrogen and oxygen atoms in total. The molecule has 2 aromatic rings. The third kappa shape index (κ3) is 2.90. The highest BCUT2D eigenvalue weighted by Crippen LogP contribution is 2.06. The van der Waals surface area contributed by atoms with Crippen molar-refractivity contribution >= 4 is 5.97 Å². The first-order valence-electron chi connectivity index (χ1n) is 5.74. The molecule has 0 aliphatic heterocycles. The van der Waals surface area contributed by atoms with Crippen LogP contribution in [0.3, 0.4) is 0 Å². The van der Waals surface area contributed by atoms with Crippen LogP contribution in [0.25, 0.3) is 0 Å². The summed E-state index contributed by atoms with van der Waals surface area (Å²) in [7, 11) is 1.11. The van der Waals surface area contributed by atoms with Crippen molar-refractivity contribution in [3.63, 3.8) is 0 Å². The second-order valence-corrected chi connectivity index (χ2v) is 4.12. The fourth-order valence-electron chi connectivity index (χ4n) is 1.76. The van der Waals surface area contributed by atoms with Crippen molar-refractivity contribution in [2.45, 2.75) is 6.54 Å². The fourth-order valence-corrected chi connectivity index (χ4v) is 1.76. The first-order valence-corrected chi connectivity index (χ1v) is 5.74. The average molecular weight is 279 g/mol. The zero-order valence-electron chi connectivity index (χ0n) is 10.6. The van der Waals surface area contributed by atoms with Crippen LogP contribution in [0.4, 0.5) is 8.78 Å². The summed E-state index contributed by atoms with van der Waals surface area (Å²) < 4.78 is 31.7. The summed E-state index contributed by atoms with van der Waals surface area (Å²) in [6.07, 6.45) is 0.984. The number of carbonyl (C=O) groups is 1. The molecule has 0 saturated carbocycles. The van der Waals surface area contributed by atoms with Gasteiger partial charge in [-0.2, -0.15) is 0 Å². The van der Waals surface area contributed by atoms with Crippen LogP contribution >= 0.6 is 0 Å². The fraction of sp³-hybridized carbons (Fsp3) is 0.143. The number of rotatable bonds is 3. The van der Waals surface area contributed by atoms with Gasteiger partial charge >= 0.3 is 5.97 Å². The van der Waals surface area contributed by atoms with Crippen molar-refractivity contribution in [3.05, 3.63) is 69.6 Å². The van der Waals surface area contributed by atoms with Crippen molar-refractivity contribution in [1.29, 1.82) is 0 Å². The van der Waals surface area contributed by atoms with E-state index >= 15 is 0 Å². The minimum absolute atomic E-state index is 0.0286. The van der Waals surface area contributed by atoms with Crippen LogP contribution in [0, 0.1) is 11.6 Å². The van der Waals surface area contributed by atoms with E-state index in [2.05, 4.69) is 4.74 Å². The predicted octanol–water partition coefficient (Wildman–Crippen LogP) is 1.96. The normalized spacial score (nSPS) is 10.3. The Bertz CT molecular complexity index is 693. The number of halogens is 2. The number of esters is 1. The Balaban J connectivity index is 2.42. The number of aromatic nitrogens is 1. The van der Waals surface area contributed by atoms with Gasteiger partial charge in [-0.15, -0.1) is 0 Å². The SMILES string of the molecule is COC(=O)c1cc(F)cn(Cc2ccc(F)cc2)c1=O. The van der Waals surface area contributed by atoms with Gasteiger partial charge in [0.15, 0.2) is 0 Å². The molecule has 0 aliphatic carbocycles. The van der Waals surface area contributed by atoms with Crippen LogP contribution in [-0.2, 0) is 11.3 Å². The third-order valence-corrected chi connectivity index (χ3v) is 2.72. The number of ether oxygens (including phenoxy) is 1. The number of pyridine rings is 1. The summed E-state index contributed by atoms with van der Waals surface area (Å²) in [6.45, 7) is 0.0286. The molecule has 0 spiro atoms. The van der Waals surface area contributed by atoms with Gasteiger partial charge in [0.1, 0.15) is 17.2 Å². The van der Waals surface area contributed by atoms with E-state index in [1.54, 1.807) is 0 Å². The summed E-state index contributed by atoms with van der Waals surface area (Å²) >= 11 is 0. The lowest BCUT2D eigenvalue weighted by Crippen LogP contribution is -2.27. The Hall–Kier alpha value is -2.50. The number of hydrogen-bond donors (Lipinski definition) is 0. The first kappa shape index (κ1) is 13.9. The second kappa shape index (κ2) is 5.64. The highest BCUT2D eigenvalue weighted by atomic mass is 19.1. The Kier molecular flexibility index (Phi) is 3.93. The molecule has 0 bridgehead atoms.